The Morgan fingerprint density at radius 3 is 2.56 bits per heavy atom. The lowest BCUT2D eigenvalue weighted by Crippen LogP contribution is -2.36. The van der Waals surface area contributed by atoms with Crippen molar-refractivity contribution in [1.29, 1.82) is 0 Å². The zero-order chi connectivity index (χ0) is 22.7. The van der Waals surface area contributed by atoms with Crippen molar-refractivity contribution >= 4 is 27.5 Å². The smallest absolute Gasteiger partial charge is 0.270 e. The predicted molar refractivity (Wildman–Crippen MR) is 116 cm³/mol. The second-order valence-corrected chi connectivity index (χ2v) is 9.81. The molecule has 1 aromatic carbocycles. The van der Waals surface area contributed by atoms with Gasteiger partial charge in [0.25, 0.3) is 5.91 Å². The van der Waals surface area contributed by atoms with Crippen LogP contribution in [0.25, 0.3) is 0 Å². The number of nitrogens with zero attached hydrogens (tertiary/aromatic N) is 2. The second-order valence-electron chi connectivity index (χ2n) is 7.77. The summed E-state index contributed by atoms with van der Waals surface area (Å²) in [6.07, 6.45) is 4.26. The molecule has 4 rings (SSSR count). The Balaban J connectivity index is 1.39. The molecule has 0 saturated carbocycles. The number of piperidine rings is 1. The lowest BCUT2D eigenvalue weighted by atomic mass is 10.1. The van der Waals surface area contributed by atoms with Crippen LogP contribution in [0.3, 0.4) is 0 Å². The lowest BCUT2D eigenvalue weighted by molar-refractivity contribution is -0.116. The van der Waals surface area contributed by atoms with Crippen molar-refractivity contribution in [3.05, 3.63) is 36.2 Å². The molecule has 0 radical (unpaired) electrons. The number of benzene rings is 1. The van der Waals surface area contributed by atoms with E-state index in [9.17, 15) is 18.0 Å². The standard InChI is InChI=1S/C21H26N4O6S/c1-24(14-20(26)23-15-5-6-18-19(11-15)31-10-9-30-18)32(28,29)16-12-17(22-13-16)21(27)25-7-3-2-4-8-25/h5-6,11-13,22H,2-4,7-10,14H2,1H3,(H,23,26). The SMILES string of the molecule is CN(CC(=O)Nc1ccc2c(c1)OCCO2)S(=O)(=O)c1c[nH]c(C(=O)N2CCCCC2)c1. The summed E-state index contributed by atoms with van der Waals surface area (Å²) in [5.74, 6) is 0.391. The van der Waals surface area contributed by atoms with Crippen LogP contribution in [-0.2, 0) is 14.8 Å². The molecule has 3 heterocycles. The molecule has 172 valence electrons. The van der Waals surface area contributed by atoms with Crippen LogP contribution in [0, 0.1) is 0 Å². The Morgan fingerprint density at radius 2 is 1.81 bits per heavy atom. The van der Waals surface area contributed by atoms with Crippen LogP contribution in [-0.4, -0.2) is 74.3 Å². The normalized spacial score (nSPS) is 16.1. The molecule has 2 aliphatic heterocycles. The zero-order valence-electron chi connectivity index (χ0n) is 17.8. The number of fused-ring (bicyclic) bond motifs is 1. The summed E-state index contributed by atoms with van der Waals surface area (Å²) in [4.78, 5) is 29.4. The number of aromatic amines is 1. The summed E-state index contributed by atoms with van der Waals surface area (Å²) in [5, 5.41) is 2.66. The third kappa shape index (κ3) is 4.73. The van der Waals surface area contributed by atoms with E-state index in [1.807, 2.05) is 0 Å². The van der Waals surface area contributed by atoms with E-state index in [0.29, 0.717) is 43.5 Å². The first-order valence-corrected chi connectivity index (χ1v) is 11.9. The van der Waals surface area contributed by atoms with Gasteiger partial charge in [-0.15, -0.1) is 0 Å². The monoisotopic (exact) mass is 462 g/mol. The molecule has 1 fully saturated rings. The van der Waals surface area contributed by atoms with E-state index < -0.39 is 22.5 Å². The number of amides is 2. The van der Waals surface area contributed by atoms with E-state index in [1.54, 1.807) is 23.1 Å². The van der Waals surface area contributed by atoms with Crippen molar-refractivity contribution in [1.82, 2.24) is 14.2 Å². The van der Waals surface area contributed by atoms with Crippen LogP contribution >= 0.6 is 0 Å². The van der Waals surface area contributed by atoms with E-state index in [2.05, 4.69) is 10.3 Å². The van der Waals surface area contributed by atoms with Gasteiger partial charge < -0.3 is 24.7 Å². The summed E-state index contributed by atoms with van der Waals surface area (Å²) in [5.41, 5.74) is 0.695. The fourth-order valence-corrected chi connectivity index (χ4v) is 4.82. The Hall–Kier alpha value is -3.05. The highest BCUT2D eigenvalue weighted by Gasteiger charge is 2.27. The van der Waals surface area contributed by atoms with Gasteiger partial charge in [-0.2, -0.15) is 4.31 Å². The second kappa shape index (κ2) is 9.21. The van der Waals surface area contributed by atoms with Gasteiger partial charge in [-0.05, 0) is 37.5 Å². The molecule has 0 aliphatic carbocycles. The number of aromatic nitrogens is 1. The Bertz CT molecular complexity index is 1110. The van der Waals surface area contributed by atoms with Crippen LogP contribution in [0.15, 0.2) is 35.4 Å². The number of carbonyl (C=O) groups is 2. The van der Waals surface area contributed by atoms with Crippen LogP contribution in [0.1, 0.15) is 29.8 Å². The minimum absolute atomic E-state index is 0.0625. The minimum atomic E-state index is -3.96. The quantitative estimate of drug-likeness (QED) is 0.674. The molecule has 11 heteroatoms. The Morgan fingerprint density at radius 1 is 1.09 bits per heavy atom. The molecule has 1 aromatic heterocycles. The number of H-pyrrole nitrogens is 1. The third-order valence-corrected chi connectivity index (χ3v) is 7.21. The molecule has 2 aromatic rings. The molecular weight excluding hydrogens is 436 g/mol. The van der Waals surface area contributed by atoms with Gasteiger partial charge in [-0.1, -0.05) is 0 Å². The number of sulfonamides is 1. The first kappa shape index (κ1) is 22.2. The van der Waals surface area contributed by atoms with Crippen LogP contribution in [0.5, 0.6) is 11.5 Å². The van der Waals surface area contributed by atoms with E-state index >= 15 is 0 Å². The Labute approximate surface area is 186 Å². The highest BCUT2D eigenvalue weighted by Crippen LogP contribution is 2.32. The largest absolute Gasteiger partial charge is 0.486 e. The van der Waals surface area contributed by atoms with Gasteiger partial charge in [-0.3, -0.25) is 9.59 Å². The van der Waals surface area contributed by atoms with Crippen molar-refractivity contribution in [3.8, 4) is 11.5 Å². The lowest BCUT2D eigenvalue weighted by Gasteiger charge is -2.26. The molecule has 1 saturated heterocycles. The number of ether oxygens (including phenoxy) is 2. The van der Waals surface area contributed by atoms with Crippen molar-refractivity contribution < 1.29 is 27.5 Å². The molecular formula is C21H26N4O6S. The van der Waals surface area contributed by atoms with Crippen LogP contribution in [0.2, 0.25) is 0 Å². The molecule has 10 nitrogen and oxygen atoms in total. The summed E-state index contributed by atoms with van der Waals surface area (Å²) in [6, 6.07) is 6.29. The van der Waals surface area contributed by atoms with Crippen molar-refractivity contribution in [3.63, 3.8) is 0 Å². The number of anilines is 1. The van der Waals surface area contributed by atoms with Gasteiger partial charge in [-0.25, -0.2) is 8.42 Å². The number of carbonyl (C=O) groups excluding carboxylic acids is 2. The molecule has 2 aliphatic rings. The van der Waals surface area contributed by atoms with Crippen molar-refractivity contribution in [2.75, 3.05) is 45.2 Å². The topological polar surface area (TPSA) is 121 Å². The highest BCUT2D eigenvalue weighted by molar-refractivity contribution is 7.89. The fourth-order valence-electron chi connectivity index (χ4n) is 3.70. The number of hydrogen-bond donors (Lipinski definition) is 2. The minimum Gasteiger partial charge on any atom is -0.486 e. The van der Waals surface area contributed by atoms with Gasteiger partial charge in [0.05, 0.1) is 6.54 Å². The number of likely N-dealkylation sites (N-methyl/N-ethyl adjacent to an activating group) is 1. The molecule has 32 heavy (non-hydrogen) atoms. The van der Waals surface area contributed by atoms with E-state index in [1.165, 1.54) is 19.3 Å². The Kier molecular flexibility index (Phi) is 6.38. The summed E-state index contributed by atoms with van der Waals surface area (Å²) in [6.45, 7) is 1.83. The van der Waals surface area contributed by atoms with Crippen molar-refractivity contribution in [2.45, 2.75) is 24.2 Å². The molecule has 0 unspecified atom stereocenters. The number of nitrogens with one attached hydrogen (secondary N) is 2. The van der Waals surface area contributed by atoms with Gasteiger partial charge in [0.1, 0.15) is 23.8 Å². The molecule has 0 atom stereocenters. The van der Waals surface area contributed by atoms with Crippen molar-refractivity contribution in [2.24, 2.45) is 0 Å². The number of likely N-dealkylation sites (tertiary alicyclic amines) is 1. The average molecular weight is 463 g/mol. The van der Waals surface area contributed by atoms with E-state index in [0.717, 1.165) is 23.6 Å². The van der Waals surface area contributed by atoms with E-state index in [-0.39, 0.29) is 16.5 Å². The van der Waals surface area contributed by atoms with Crippen LogP contribution in [0.4, 0.5) is 5.69 Å². The first-order valence-electron chi connectivity index (χ1n) is 10.5. The maximum atomic E-state index is 12.9. The third-order valence-electron chi connectivity index (χ3n) is 5.43. The van der Waals surface area contributed by atoms with Gasteiger partial charge in [0, 0.05) is 38.1 Å². The predicted octanol–water partition coefficient (Wildman–Crippen LogP) is 1.67. The molecule has 0 spiro atoms. The van der Waals surface area contributed by atoms with E-state index in [4.69, 9.17) is 9.47 Å². The summed E-state index contributed by atoms with van der Waals surface area (Å²) in [7, 11) is -2.64. The fraction of sp³-hybridized carbons (Fsp3) is 0.429. The average Bonchev–Trinajstić information content (AvgIpc) is 3.30. The molecule has 2 N–H and O–H groups in total. The number of hydrogen-bond acceptors (Lipinski definition) is 6. The summed E-state index contributed by atoms with van der Waals surface area (Å²) >= 11 is 0. The van der Waals surface area contributed by atoms with Gasteiger partial charge in [0.15, 0.2) is 11.5 Å². The summed E-state index contributed by atoms with van der Waals surface area (Å²) < 4.78 is 37.7. The maximum absolute atomic E-state index is 12.9. The number of rotatable bonds is 6. The van der Waals surface area contributed by atoms with Gasteiger partial charge >= 0.3 is 0 Å². The maximum Gasteiger partial charge on any atom is 0.270 e. The first-order chi connectivity index (χ1) is 15.3. The molecule has 0 bridgehead atoms. The molecule has 2 amide bonds. The van der Waals surface area contributed by atoms with Crippen LogP contribution < -0.4 is 14.8 Å². The zero-order valence-corrected chi connectivity index (χ0v) is 18.6. The highest BCUT2D eigenvalue weighted by atomic mass is 32.2. The van der Waals surface area contributed by atoms with Gasteiger partial charge in [0.2, 0.25) is 15.9 Å².